The molecule has 2 rings (SSSR count). The van der Waals surface area contributed by atoms with Gasteiger partial charge in [0.1, 0.15) is 5.75 Å². The van der Waals surface area contributed by atoms with E-state index in [-0.39, 0.29) is 18.3 Å². The van der Waals surface area contributed by atoms with Crippen LogP contribution in [0.4, 0.5) is 5.69 Å². The maximum absolute atomic E-state index is 11.9. The monoisotopic (exact) mass is 298 g/mol. The molecule has 0 radical (unpaired) electrons. The largest absolute Gasteiger partial charge is 0.494 e. The van der Waals surface area contributed by atoms with Gasteiger partial charge in [-0.2, -0.15) is 0 Å². The van der Waals surface area contributed by atoms with Gasteiger partial charge in [0.15, 0.2) is 0 Å². The minimum Gasteiger partial charge on any atom is -0.494 e. The lowest BCUT2D eigenvalue weighted by molar-refractivity contribution is -0.116. The number of amides is 1. The van der Waals surface area contributed by atoms with Crippen molar-refractivity contribution in [2.24, 2.45) is 5.92 Å². The van der Waals surface area contributed by atoms with E-state index in [1.165, 1.54) is 6.42 Å². The zero-order valence-corrected chi connectivity index (χ0v) is 12.7. The van der Waals surface area contributed by atoms with Crippen LogP contribution in [0.1, 0.15) is 26.2 Å². The average molecular weight is 299 g/mol. The third kappa shape index (κ3) is 5.39. The molecule has 1 heterocycles. The van der Waals surface area contributed by atoms with E-state index in [4.69, 9.17) is 4.74 Å². The van der Waals surface area contributed by atoms with Crippen molar-refractivity contribution in [3.05, 3.63) is 24.3 Å². The quantitative estimate of drug-likeness (QED) is 0.849. The molecule has 1 saturated heterocycles. The Morgan fingerprint density at radius 1 is 1.50 bits per heavy atom. The van der Waals surface area contributed by atoms with Crippen LogP contribution in [0.15, 0.2) is 24.3 Å². The lowest BCUT2D eigenvalue weighted by Crippen LogP contribution is -2.15. The van der Waals surface area contributed by atoms with Crippen molar-refractivity contribution in [1.29, 1.82) is 0 Å². The van der Waals surface area contributed by atoms with Crippen LogP contribution < -0.4 is 15.4 Å². The summed E-state index contributed by atoms with van der Waals surface area (Å²) in [5.74, 6) is 1.53. The topological polar surface area (TPSA) is 50.4 Å². The predicted octanol–water partition coefficient (Wildman–Crippen LogP) is 2.84. The highest BCUT2D eigenvalue weighted by Gasteiger charge is 2.15. The van der Waals surface area contributed by atoms with Gasteiger partial charge in [-0.1, -0.05) is 6.07 Å². The van der Waals surface area contributed by atoms with Crippen molar-refractivity contribution in [2.75, 3.05) is 25.0 Å². The van der Waals surface area contributed by atoms with E-state index in [1.54, 1.807) is 0 Å². The van der Waals surface area contributed by atoms with Crippen molar-refractivity contribution in [3.63, 3.8) is 0 Å². The van der Waals surface area contributed by atoms with Crippen LogP contribution in [-0.2, 0) is 4.79 Å². The lowest BCUT2D eigenvalue weighted by atomic mass is 10.0. The Morgan fingerprint density at radius 2 is 2.35 bits per heavy atom. The molecule has 5 heteroatoms. The number of carbonyl (C=O) groups is 1. The van der Waals surface area contributed by atoms with Crippen molar-refractivity contribution in [2.45, 2.75) is 26.2 Å². The summed E-state index contributed by atoms with van der Waals surface area (Å²) >= 11 is 0. The van der Waals surface area contributed by atoms with Crippen molar-refractivity contribution in [3.8, 4) is 5.75 Å². The van der Waals surface area contributed by atoms with Crippen LogP contribution in [-0.4, -0.2) is 25.6 Å². The Hall–Kier alpha value is -1.26. The highest BCUT2D eigenvalue weighted by atomic mass is 35.5. The number of hydrogen-bond donors (Lipinski definition) is 2. The summed E-state index contributed by atoms with van der Waals surface area (Å²) in [6.45, 7) is 4.71. The molecule has 1 aliphatic heterocycles. The molecular weight excluding hydrogens is 276 g/mol. The summed E-state index contributed by atoms with van der Waals surface area (Å²) in [6, 6.07) is 7.53. The average Bonchev–Trinajstić information content (AvgIpc) is 2.90. The molecule has 1 fully saturated rings. The first kappa shape index (κ1) is 16.8. The third-order valence-corrected chi connectivity index (χ3v) is 3.37. The molecule has 1 amide bonds. The van der Waals surface area contributed by atoms with Crippen LogP contribution in [0.25, 0.3) is 0 Å². The van der Waals surface area contributed by atoms with Gasteiger partial charge in [-0.05, 0) is 50.9 Å². The number of anilines is 1. The Balaban J connectivity index is 0.00000200. The molecule has 0 saturated carbocycles. The third-order valence-electron chi connectivity index (χ3n) is 3.37. The van der Waals surface area contributed by atoms with Crippen LogP contribution in [0.2, 0.25) is 0 Å². The van der Waals surface area contributed by atoms with E-state index in [0.29, 0.717) is 18.9 Å². The molecule has 1 aromatic carbocycles. The molecule has 4 nitrogen and oxygen atoms in total. The molecule has 2 N–H and O–H groups in total. The van der Waals surface area contributed by atoms with Crippen molar-refractivity contribution in [1.82, 2.24) is 5.32 Å². The molecule has 1 aromatic rings. The van der Waals surface area contributed by atoms with Gasteiger partial charge in [0.05, 0.1) is 6.61 Å². The minimum absolute atomic E-state index is 0. The van der Waals surface area contributed by atoms with Gasteiger partial charge in [0.25, 0.3) is 0 Å². The Labute approximate surface area is 126 Å². The maximum Gasteiger partial charge on any atom is 0.224 e. The van der Waals surface area contributed by atoms with Gasteiger partial charge in [0.2, 0.25) is 5.91 Å². The molecule has 1 atom stereocenters. The first-order valence-electron chi connectivity index (χ1n) is 7.01. The fourth-order valence-electron chi connectivity index (χ4n) is 2.35. The Kier molecular flexibility index (Phi) is 7.41. The van der Waals surface area contributed by atoms with E-state index in [2.05, 4.69) is 10.6 Å². The van der Waals surface area contributed by atoms with E-state index >= 15 is 0 Å². The molecule has 20 heavy (non-hydrogen) atoms. The number of halogens is 1. The van der Waals surface area contributed by atoms with Crippen molar-refractivity contribution >= 4 is 24.0 Å². The molecule has 0 spiro atoms. The standard InChI is InChI=1S/C15H22N2O2.ClH/c1-2-19-14-5-3-4-13(10-14)17-15(18)7-6-12-8-9-16-11-12;/h3-5,10,12,16H,2,6-9,11H2,1H3,(H,17,18);1H. The molecular formula is C15H23ClN2O2. The van der Waals surface area contributed by atoms with Crippen LogP contribution in [0.5, 0.6) is 5.75 Å². The number of nitrogens with one attached hydrogen (secondary N) is 2. The second kappa shape index (κ2) is 8.82. The molecule has 112 valence electrons. The zero-order chi connectivity index (χ0) is 13.5. The summed E-state index contributed by atoms with van der Waals surface area (Å²) in [5.41, 5.74) is 0.806. The van der Waals surface area contributed by atoms with Gasteiger partial charge < -0.3 is 15.4 Å². The number of benzene rings is 1. The van der Waals surface area contributed by atoms with Gasteiger partial charge >= 0.3 is 0 Å². The predicted molar refractivity (Wildman–Crippen MR) is 83.7 cm³/mol. The number of rotatable bonds is 6. The first-order chi connectivity index (χ1) is 9.28. The first-order valence-corrected chi connectivity index (χ1v) is 7.01. The second-order valence-corrected chi connectivity index (χ2v) is 4.91. The lowest BCUT2D eigenvalue weighted by Gasteiger charge is -2.10. The summed E-state index contributed by atoms with van der Waals surface area (Å²) < 4.78 is 5.41. The van der Waals surface area contributed by atoms with Gasteiger partial charge in [-0.25, -0.2) is 0 Å². The van der Waals surface area contributed by atoms with Crippen LogP contribution >= 0.6 is 12.4 Å². The minimum atomic E-state index is 0. The number of ether oxygens (including phenoxy) is 1. The number of carbonyl (C=O) groups excluding carboxylic acids is 1. The summed E-state index contributed by atoms with van der Waals surface area (Å²) in [7, 11) is 0. The molecule has 1 unspecified atom stereocenters. The molecule has 1 aliphatic rings. The van der Waals surface area contributed by atoms with Gasteiger partial charge in [0, 0.05) is 18.2 Å². The fourth-order valence-corrected chi connectivity index (χ4v) is 2.35. The Morgan fingerprint density at radius 3 is 3.05 bits per heavy atom. The molecule has 0 aliphatic carbocycles. The van der Waals surface area contributed by atoms with E-state index in [9.17, 15) is 4.79 Å². The van der Waals surface area contributed by atoms with E-state index < -0.39 is 0 Å². The Bertz CT molecular complexity index is 420. The summed E-state index contributed by atoms with van der Waals surface area (Å²) in [4.78, 5) is 11.9. The van der Waals surface area contributed by atoms with Crippen molar-refractivity contribution < 1.29 is 9.53 Å². The smallest absolute Gasteiger partial charge is 0.224 e. The highest BCUT2D eigenvalue weighted by Crippen LogP contribution is 2.19. The van der Waals surface area contributed by atoms with Crippen LogP contribution in [0, 0.1) is 5.92 Å². The van der Waals surface area contributed by atoms with Gasteiger partial charge in [-0.15, -0.1) is 12.4 Å². The zero-order valence-electron chi connectivity index (χ0n) is 11.9. The summed E-state index contributed by atoms with van der Waals surface area (Å²) in [6.07, 6.45) is 2.74. The fraction of sp³-hybridized carbons (Fsp3) is 0.533. The SMILES string of the molecule is CCOc1cccc(NC(=O)CCC2CCNC2)c1.Cl. The van der Waals surface area contributed by atoms with E-state index in [0.717, 1.165) is 30.9 Å². The van der Waals surface area contributed by atoms with Crippen LogP contribution in [0.3, 0.4) is 0 Å². The molecule has 0 bridgehead atoms. The second-order valence-electron chi connectivity index (χ2n) is 4.91. The maximum atomic E-state index is 11.9. The molecule has 0 aromatic heterocycles. The summed E-state index contributed by atoms with van der Waals surface area (Å²) in [5, 5.41) is 6.24. The number of hydrogen-bond acceptors (Lipinski definition) is 3. The highest BCUT2D eigenvalue weighted by molar-refractivity contribution is 5.90. The normalized spacial score (nSPS) is 17.4. The van der Waals surface area contributed by atoms with Gasteiger partial charge in [-0.3, -0.25) is 4.79 Å². The van der Waals surface area contributed by atoms with E-state index in [1.807, 2.05) is 31.2 Å².